The lowest BCUT2D eigenvalue weighted by molar-refractivity contribution is -0.145. The van der Waals surface area contributed by atoms with E-state index in [-0.39, 0.29) is 35.5 Å². The number of carbonyl (C=O) groups excluding carboxylic acids is 1. The van der Waals surface area contributed by atoms with Gasteiger partial charge in [0.25, 0.3) is 8.32 Å². The lowest BCUT2D eigenvalue weighted by Crippen LogP contribution is -2.51. The number of nitrogens with zero attached hydrogens (tertiary/aromatic N) is 2. The molecule has 1 unspecified atom stereocenters. The zero-order chi connectivity index (χ0) is 22.1. The van der Waals surface area contributed by atoms with Crippen LogP contribution in [0.4, 0.5) is 8.78 Å². The zero-order valence-corrected chi connectivity index (χ0v) is 19.2. The number of rotatable bonds is 8. The first-order valence-electron chi connectivity index (χ1n) is 10.2. The number of ether oxygens (including phenoxy) is 1. The molecule has 0 bridgehead atoms. The number of esters is 1. The first-order valence-corrected chi connectivity index (χ1v) is 12.3. The Hall–Kier alpha value is -1.77. The number of alkyl halides is 1. The summed E-state index contributed by atoms with van der Waals surface area (Å²) in [5.41, 5.74) is -0.167. The van der Waals surface area contributed by atoms with Gasteiger partial charge < -0.3 is 9.16 Å². The van der Waals surface area contributed by atoms with Gasteiger partial charge in [0, 0.05) is 12.8 Å². The molecule has 0 N–H and O–H groups in total. The Kier molecular flexibility index (Phi) is 7.24. The van der Waals surface area contributed by atoms with E-state index in [0.29, 0.717) is 0 Å². The lowest BCUT2D eigenvalue weighted by atomic mass is 9.78. The van der Waals surface area contributed by atoms with Crippen LogP contribution in [-0.2, 0) is 9.53 Å². The third-order valence-electron chi connectivity index (χ3n) is 6.08. The van der Waals surface area contributed by atoms with E-state index in [1.807, 2.05) is 0 Å². The Morgan fingerprint density at radius 2 is 1.79 bits per heavy atom. The Bertz CT molecular complexity index is 775. The van der Waals surface area contributed by atoms with Gasteiger partial charge in [-0.05, 0) is 23.0 Å². The van der Waals surface area contributed by atoms with E-state index >= 15 is 0 Å². The van der Waals surface area contributed by atoms with Crippen LogP contribution in [0.25, 0.3) is 0 Å². The molecule has 0 radical (unpaired) electrons. The monoisotopic (exact) mass is 430 g/mol. The van der Waals surface area contributed by atoms with E-state index < -0.39 is 43.9 Å². The van der Waals surface area contributed by atoms with Crippen LogP contribution in [-0.4, -0.2) is 36.6 Å². The highest BCUT2D eigenvalue weighted by molar-refractivity contribution is 6.78. The van der Waals surface area contributed by atoms with Crippen LogP contribution in [0.3, 0.4) is 0 Å². The van der Waals surface area contributed by atoms with Crippen LogP contribution in [0.15, 0.2) is 11.0 Å². The van der Waals surface area contributed by atoms with Gasteiger partial charge in [0.2, 0.25) is 5.88 Å². The maximum atomic E-state index is 14.8. The molecule has 1 aromatic heterocycles. The minimum absolute atomic E-state index is 0.0514. The van der Waals surface area contributed by atoms with Gasteiger partial charge in [0.05, 0.1) is 18.8 Å². The fourth-order valence-electron chi connectivity index (χ4n) is 4.60. The van der Waals surface area contributed by atoms with Crippen molar-refractivity contribution >= 4 is 14.3 Å². The molecule has 164 valence electrons. The van der Waals surface area contributed by atoms with Crippen molar-refractivity contribution < 1.29 is 22.7 Å². The summed E-state index contributed by atoms with van der Waals surface area (Å²) in [6.07, 6.45) is -0.141. The molecule has 2 rings (SSSR count). The van der Waals surface area contributed by atoms with Crippen LogP contribution in [0.5, 0.6) is 5.88 Å². The highest BCUT2D eigenvalue weighted by Gasteiger charge is 2.48. The van der Waals surface area contributed by atoms with Crippen molar-refractivity contribution in [2.45, 2.75) is 83.7 Å². The van der Waals surface area contributed by atoms with E-state index in [9.17, 15) is 18.4 Å². The Morgan fingerprint density at radius 1 is 1.24 bits per heavy atom. The second kappa shape index (κ2) is 8.93. The molecular formula is C20H32F2N2O4Si. The third-order valence-corrected chi connectivity index (χ3v) is 12.0. The molecule has 1 fully saturated rings. The molecule has 6 nitrogen and oxygen atoms in total. The van der Waals surface area contributed by atoms with Crippen LogP contribution in [0, 0.1) is 11.7 Å². The molecule has 1 aliphatic rings. The number of carbonyl (C=O) groups is 1. The summed E-state index contributed by atoms with van der Waals surface area (Å²) in [6.45, 7) is 13.5. The van der Waals surface area contributed by atoms with Crippen LogP contribution in [0.1, 0.15) is 60.9 Å². The average molecular weight is 431 g/mol. The first-order chi connectivity index (χ1) is 13.4. The van der Waals surface area contributed by atoms with Crippen LogP contribution >= 0.6 is 0 Å². The van der Waals surface area contributed by atoms with Crippen LogP contribution in [0.2, 0.25) is 16.6 Å². The van der Waals surface area contributed by atoms with Gasteiger partial charge in [-0.1, -0.05) is 41.5 Å². The van der Waals surface area contributed by atoms with E-state index in [2.05, 4.69) is 46.5 Å². The quantitative estimate of drug-likeness (QED) is 0.452. The number of halogens is 2. The van der Waals surface area contributed by atoms with Gasteiger partial charge in [0.15, 0.2) is 5.82 Å². The molecule has 3 atom stereocenters. The molecule has 1 aromatic rings. The number of hydrogen-bond donors (Lipinski definition) is 0. The van der Waals surface area contributed by atoms with E-state index in [1.54, 1.807) is 0 Å². The lowest BCUT2D eigenvalue weighted by Gasteiger charge is -2.42. The van der Waals surface area contributed by atoms with Gasteiger partial charge in [-0.2, -0.15) is 9.37 Å². The third kappa shape index (κ3) is 4.54. The summed E-state index contributed by atoms with van der Waals surface area (Å²) >= 11 is 0. The first kappa shape index (κ1) is 23.5. The van der Waals surface area contributed by atoms with Gasteiger partial charge in [-0.3, -0.25) is 9.36 Å². The van der Waals surface area contributed by atoms with Crippen molar-refractivity contribution in [1.82, 2.24) is 9.55 Å². The molecule has 29 heavy (non-hydrogen) atoms. The molecule has 1 saturated carbocycles. The molecule has 1 aliphatic carbocycles. The maximum Gasteiger partial charge on any atom is 0.351 e. The molecule has 1 heterocycles. The Morgan fingerprint density at radius 3 is 2.24 bits per heavy atom. The molecule has 9 heteroatoms. The molecule has 0 aromatic carbocycles. The molecule has 0 amide bonds. The van der Waals surface area contributed by atoms with E-state index in [1.165, 1.54) is 6.92 Å². The van der Waals surface area contributed by atoms with E-state index in [0.717, 1.165) is 10.8 Å². The summed E-state index contributed by atoms with van der Waals surface area (Å²) in [5.74, 6) is -2.04. The minimum Gasteiger partial charge on any atom is -0.528 e. The largest absolute Gasteiger partial charge is 0.528 e. The molecule has 0 aliphatic heterocycles. The van der Waals surface area contributed by atoms with Gasteiger partial charge in [0.1, 0.15) is 6.17 Å². The fraction of sp³-hybridized carbons (Fsp3) is 0.750. The van der Waals surface area contributed by atoms with Crippen molar-refractivity contribution in [2.24, 2.45) is 5.92 Å². The van der Waals surface area contributed by atoms with E-state index in [4.69, 9.17) is 9.16 Å². The molecular weight excluding hydrogens is 398 g/mol. The van der Waals surface area contributed by atoms with Crippen molar-refractivity contribution in [3.63, 3.8) is 0 Å². The molecule has 0 saturated heterocycles. The Balaban J connectivity index is 2.26. The second-order valence-electron chi connectivity index (χ2n) is 8.81. The fourth-order valence-corrected chi connectivity index (χ4v) is 9.79. The standard InChI is InChI=1S/C20H32F2N2O4Si/c1-11(2)29(12(3)4,13(5)6)28-19-16(21)9-24(20(26)23-19)17-8-15(18(17)22)10-27-14(7)25/h9,11-13,15,17-18H,8,10H2,1-7H3/t15-,17-,18?/m1/s1. The minimum atomic E-state index is -2.48. The summed E-state index contributed by atoms with van der Waals surface area (Å²) < 4.78 is 41.3. The van der Waals surface area contributed by atoms with Crippen molar-refractivity contribution in [1.29, 1.82) is 0 Å². The summed E-state index contributed by atoms with van der Waals surface area (Å²) in [5, 5.41) is 0. The summed E-state index contributed by atoms with van der Waals surface area (Å²) in [7, 11) is -2.48. The average Bonchev–Trinajstić information content (AvgIpc) is 2.60. The second-order valence-corrected chi connectivity index (χ2v) is 14.2. The normalized spacial score (nSPS) is 22.1. The maximum absolute atomic E-state index is 14.8. The van der Waals surface area contributed by atoms with Crippen molar-refractivity contribution in [3.8, 4) is 5.88 Å². The molecule has 0 spiro atoms. The van der Waals surface area contributed by atoms with Crippen molar-refractivity contribution in [3.05, 3.63) is 22.5 Å². The van der Waals surface area contributed by atoms with Crippen LogP contribution < -0.4 is 10.1 Å². The Labute approximate surface area is 171 Å². The number of hydrogen-bond acceptors (Lipinski definition) is 5. The topological polar surface area (TPSA) is 70.4 Å². The van der Waals surface area contributed by atoms with Gasteiger partial charge >= 0.3 is 11.7 Å². The number of aromatic nitrogens is 2. The highest BCUT2D eigenvalue weighted by atomic mass is 28.4. The van der Waals surface area contributed by atoms with Gasteiger partial charge in [-0.15, -0.1) is 0 Å². The van der Waals surface area contributed by atoms with Crippen molar-refractivity contribution in [2.75, 3.05) is 6.61 Å². The van der Waals surface area contributed by atoms with Gasteiger partial charge in [-0.25, -0.2) is 9.18 Å². The highest BCUT2D eigenvalue weighted by Crippen LogP contribution is 2.43. The predicted octanol–water partition coefficient (Wildman–Crippen LogP) is 4.40. The zero-order valence-electron chi connectivity index (χ0n) is 18.2. The predicted molar refractivity (Wildman–Crippen MR) is 109 cm³/mol. The smallest absolute Gasteiger partial charge is 0.351 e. The summed E-state index contributed by atoms with van der Waals surface area (Å²) in [6, 6.07) is -0.818. The SMILES string of the molecule is CC(=O)OC[C@H]1C[C@@H](n2cc(F)c(O[Si](C(C)C)(C(C)C)C(C)C)nc2=O)C1F. The summed E-state index contributed by atoms with van der Waals surface area (Å²) in [4.78, 5) is 27.2.